The number of aryl methyl sites for hydroxylation is 1. The molecule has 11 nitrogen and oxygen atoms in total. The molecule has 0 spiro atoms. The van der Waals surface area contributed by atoms with Gasteiger partial charge in [0.25, 0.3) is 11.5 Å². The van der Waals surface area contributed by atoms with Gasteiger partial charge in [-0.25, -0.2) is 9.78 Å². The Morgan fingerprint density at radius 2 is 1.89 bits per heavy atom. The van der Waals surface area contributed by atoms with E-state index in [1.807, 2.05) is 37.3 Å². The number of methoxy groups -OCH3 is 1. The number of aromatic nitrogens is 3. The molecule has 3 atom stereocenters. The standard InChI is InChI=1S/C31H31ClN4O4S.C12H24N2O/c1-17-11-12-19-15-25(34-29(40-4)26(17)19)22-9-5-8-21(27(22)32)20-7-6-10-24(18(20)2)33-28(38)23-16-36(13-14-37)31(41)35(3)30(23)39;1-4-10(3)6-7-12(5-2)8-9-13-11(15)14-12/h5-10,15-17,37H,11-14H2,1-4H3,(H,33,38);10H,4-9H2,1-3H3,(H2,13,14,15). The SMILES string of the molecule is CCC(C)CCC1(CC)CCNC(=O)N1.COc1nc(-c2cccc(-c3cccc(NC(=O)c4cn(CCO)c(=S)n(C)c4=O)c3C)c2Cl)cc2c1C(C)CC2. The Morgan fingerprint density at radius 1 is 1.18 bits per heavy atom. The quantitative estimate of drug-likeness (QED) is 0.105. The molecule has 4 aromatic rings. The van der Waals surface area contributed by atoms with E-state index < -0.39 is 11.5 Å². The number of pyridine rings is 1. The van der Waals surface area contributed by atoms with Crippen LogP contribution in [0.15, 0.2) is 53.5 Å². The Kier molecular flexibility index (Phi) is 14.2. The number of amides is 3. The number of aliphatic hydroxyl groups excluding tert-OH is 1. The van der Waals surface area contributed by atoms with Crippen molar-refractivity contribution in [2.45, 2.75) is 97.6 Å². The lowest BCUT2D eigenvalue weighted by Crippen LogP contribution is -2.58. The van der Waals surface area contributed by atoms with Crippen molar-refractivity contribution in [1.29, 1.82) is 0 Å². The molecule has 1 saturated heterocycles. The highest BCUT2D eigenvalue weighted by Gasteiger charge is 2.33. The summed E-state index contributed by atoms with van der Waals surface area (Å²) in [5.41, 5.74) is 6.36. The molecular weight excluding hydrogens is 748 g/mol. The number of halogens is 1. The van der Waals surface area contributed by atoms with E-state index in [1.165, 1.54) is 46.3 Å². The Hall–Kier alpha value is -4.52. The largest absolute Gasteiger partial charge is 0.481 e. The smallest absolute Gasteiger partial charge is 0.315 e. The number of rotatable bonds is 12. The van der Waals surface area contributed by atoms with Crippen LogP contribution < -0.4 is 26.2 Å². The topological polar surface area (TPSA) is 140 Å². The summed E-state index contributed by atoms with van der Waals surface area (Å²) in [5.74, 6) is 1.23. The number of anilines is 1. The summed E-state index contributed by atoms with van der Waals surface area (Å²) in [4.78, 5) is 42.2. The van der Waals surface area contributed by atoms with Crippen LogP contribution in [0.3, 0.4) is 0 Å². The third-order valence-electron chi connectivity index (χ3n) is 11.5. The average Bonchev–Trinajstić information content (AvgIpc) is 3.58. The molecule has 0 saturated carbocycles. The first-order valence-electron chi connectivity index (χ1n) is 19.5. The molecule has 3 amide bonds. The number of carbonyl (C=O) groups is 2. The van der Waals surface area contributed by atoms with Gasteiger partial charge in [-0.15, -0.1) is 0 Å². The number of nitrogens with one attached hydrogen (secondary N) is 3. The molecule has 3 unspecified atom stereocenters. The maximum absolute atomic E-state index is 13.3. The molecule has 1 aliphatic carbocycles. The Labute approximate surface area is 339 Å². The minimum atomic E-state index is -0.573. The molecule has 13 heteroatoms. The van der Waals surface area contributed by atoms with Gasteiger partial charge in [-0.1, -0.05) is 76.0 Å². The van der Waals surface area contributed by atoms with E-state index in [-0.39, 0.29) is 35.1 Å². The molecule has 2 aromatic heterocycles. The van der Waals surface area contributed by atoms with Gasteiger partial charge in [-0.05, 0) is 98.3 Å². The van der Waals surface area contributed by atoms with Crippen molar-refractivity contribution in [3.8, 4) is 28.3 Å². The van der Waals surface area contributed by atoms with Gasteiger partial charge < -0.3 is 30.4 Å². The van der Waals surface area contributed by atoms with Crippen LogP contribution in [0.2, 0.25) is 5.02 Å². The molecule has 1 fully saturated rings. The van der Waals surface area contributed by atoms with Crippen LogP contribution in [-0.4, -0.2) is 57.0 Å². The molecule has 56 heavy (non-hydrogen) atoms. The highest BCUT2D eigenvalue weighted by Crippen LogP contribution is 2.43. The van der Waals surface area contributed by atoms with Crippen LogP contribution in [0.25, 0.3) is 22.4 Å². The van der Waals surface area contributed by atoms with Crippen LogP contribution in [0.5, 0.6) is 5.88 Å². The average molecular weight is 803 g/mol. The van der Waals surface area contributed by atoms with Crippen LogP contribution in [-0.2, 0) is 20.0 Å². The summed E-state index contributed by atoms with van der Waals surface area (Å²) in [7, 11) is 3.15. The number of hydrogen-bond acceptors (Lipinski definition) is 7. The van der Waals surface area contributed by atoms with Crippen molar-refractivity contribution < 1.29 is 19.4 Å². The van der Waals surface area contributed by atoms with E-state index in [4.69, 9.17) is 33.5 Å². The summed E-state index contributed by atoms with van der Waals surface area (Å²) in [6.07, 6.45) is 9.07. The molecule has 1 aliphatic heterocycles. The van der Waals surface area contributed by atoms with Crippen LogP contribution in [0.1, 0.15) is 99.2 Å². The van der Waals surface area contributed by atoms with Gasteiger partial charge in [-0.3, -0.25) is 14.2 Å². The Bertz CT molecular complexity index is 2200. The van der Waals surface area contributed by atoms with Gasteiger partial charge in [0.05, 0.1) is 24.4 Å². The minimum absolute atomic E-state index is 0.00671. The fraction of sp³-hybridized carbons (Fsp3) is 0.465. The number of carbonyl (C=O) groups excluding carboxylic acids is 2. The van der Waals surface area contributed by atoms with Crippen LogP contribution in [0.4, 0.5) is 10.5 Å². The maximum Gasteiger partial charge on any atom is 0.315 e. The number of benzene rings is 2. The normalized spacial score (nSPS) is 17.9. The number of hydrogen-bond donors (Lipinski definition) is 4. The van der Waals surface area contributed by atoms with Crippen LogP contribution >= 0.6 is 23.8 Å². The zero-order chi connectivity index (χ0) is 40.7. The van der Waals surface area contributed by atoms with Crippen molar-refractivity contribution in [2.24, 2.45) is 13.0 Å². The number of fused-ring (bicyclic) bond motifs is 1. The molecule has 300 valence electrons. The summed E-state index contributed by atoms with van der Waals surface area (Å²) < 4.78 is 8.60. The van der Waals surface area contributed by atoms with E-state index >= 15 is 0 Å². The lowest BCUT2D eigenvalue weighted by molar-refractivity contribution is 0.102. The zero-order valence-corrected chi connectivity index (χ0v) is 35.1. The van der Waals surface area contributed by atoms with Crippen molar-refractivity contribution in [2.75, 3.05) is 25.6 Å². The van der Waals surface area contributed by atoms with Gasteiger partial charge in [0.2, 0.25) is 5.88 Å². The lowest BCUT2D eigenvalue weighted by atomic mass is 9.83. The molecule has 4 N–H and O–H groups in total. The monoisotopic (exact) mass is 802 g/mol. The predicted molar refractivity (Wildman–Crippen MR) is 227 cm³/mol. The first kappa shape index (κ1) is 42.6. The summed E-state index contributed by atoms with van der Waals surface area (Å²) in [6, 6.07) is 13.5. The van der Waals surface area contributed by atoms with Crippen molar-refractivity contribution >= 4 is 41.4 Å². The van der Waals surface area contributed by atoms with E-state index in [9.17, 15) is 19.5 Å². The lowest BCUT2D eigenvalue weighted by Gasteiger charge is -2.38. The van der Waals surface area contributed by atoms with E-state index in [0.29, 0.717) is 22.5 Å². The molecular formula is C43H55ClN6O5S. The second kappa shape index (κ2) is 18.6. The molecule has 2 aromatic carbocycles. The van der Waals surface area contributed by atoms with Gasteiger partial charge in [0.15, 0.2) is 4.77 Å². The van der Waals surface area contributed by atoms with Crippen LogP contribution in [0, 0.1) is 17.6 Å². The number of ether oxygens (including phenoxy) is 1. The van der Waals surface area contributed by atoms with Crippen molar-refractivity contribution in [1.82, 2.24) is 24.8 Å². The molecule has 6 rings (SSSR count). The van der Waals surface area contributed by atoms with E-state index in [2.05, 4.69) is 49.7 Å². The fourth-order valence-electron chi connectivity index (χ4n) is 7.59. The molecule has 0 bridgehead atoms. The van der Waals surface area contributed by atoms with Gasteiger partial charge >= 0.3 is 6.03 Å². The highest BCUT2D eigenvalue weighted by molar-refractivity contribution is 7.71. The maximum atomic E-state index is 13.3. The van der Waals surface area contributed by atoms with Gasteiger partial charge in [0, 0.05) is 54.3 Å². The number of aliphatic hydroxyl groups is 1. The highest BCUT2D eigenvalue weighted by atomic mass is 35.5. The first-order valence-corrected chi connectivity index (χ1v) is 20.3. The van der Waals surface area contributed by atoms with Crippen molar-refractivity contribution in [3.05, 3.63) is 91.1 Å². The third kappa shape index (κ3) is 9.19. The molecule has 0 radical (unpaired) electrons. The minimum Gasteiger partial charge on any atom is -0.481 e. The Morgan fingerprint density at radius 3 is 2.57 bits per heavy atom. The van der Waals surface area contributed by atoms with Gasteiger partial charge in [-0.2, -0.15) is 0 Å². The van der Waals surface area contributed by atoms with Gasteiger partial charge in [0.1, 0.15) is 5.56 Å². The number of urea groups is 1. The third-order valence-corrected chi connectivity index (χ3v) is 12.4. The van der Waals surface area contributed by atoms with Crippen molar-refractivity contribution in [3.63, 3.8) is 0 Å². The summed E-state index contributed by atoms with van der Waals surface area (Å²) in [6.45, 7) is 11.6. The summed E-state index contributed by atoms with van der Waals surface area (Å²) in [5, 5.41) is 18.7. The predicted octanol–water partition coefficient (Wildman–Crippen LogP) is 8.57. The van der Waals surface area contributed by atoms with E-state index in [0.717, 1.165) is 72.5 Å². The number of nitrogens with zero attached hydrogens (tertiary/aromatic N) is 3. The molecule has 3 heterocycles. The molecule has 2 aliphatic rings. The first-order chi connectivity index (χ1) is 26.8. The van der Waals surface area contributed by atoms with E-state index in [1.54, 1.807) is 13.2 Å². The fourth-order valence-corrected chi connectivity index (χ4v) is 8.14. The Balaban J connectivity index is 0.000000337. The zero-order valence-electron chi connectivity index (χ0n) is 33.6. The second-order valence-corrected chi connectivity index (χ2v) is 15.8. The second-order valence-electron chi connectivity index (χ2n) is 15.1. The summed E-state index contributed by atoms with van der Waals surface area (Å²) >= 11 is 12.3.